The maximum absolute atomic E-state index is 11.6. The van der Waals surface area contributed by atoms with Gasteiger partial charge in [0.1, 0.15) is 0 Å². The summed E-state index contributed by atoms with van der Waals surface area (Å²) < 4.78 is 16.0. The Hall–Kier alpha value is -2.39. The van der Waals surface area contributed by atoms with E-state index in [1.807, 2.05) is 18.2 Å². The first-order valence-electron chi connectivity index (χ1n) is 10.5. The fourth-order valence-electron chi connectivity index (χ4n) is 2.52. The number of allylic oxidation sites excluding steroid dienone is 3. The maximum Gasteiger partial charge on any atom is 0.407 e. The third kappa shape index (κ3) is 14.6. The van der Waals surface area contributed by atoms with E-state index in [1.165, 1.54) is 0 Å². The van der Waals surface area contributed by atoms with Gasteiger partial charge < -0.3 is 30.2 Å². The van der Waals surface area contributed by atoms with Gasteiger partial charge in [-0.2, -0.15) is 0 Å². The van der Waals surface area contributed by atoms with Crippen LogP contribution in [0.5, 0.6) is 0 Å². The molecule has 3 amide bonds. The normalized spacial score (nSPS) is 14.9. The summed E-state index contributed by atoms with van der Waals surface area (Å²) >= 11 is 0. The molecule has 0 heterocycles. The predicted octanol–water partition coefficient (Wildman–Crippen LogP) is 1.30. The molecule has 0 fully saturated rings. The first-order valence-corrected chi connectivity index (χ1v) is 10.5. The molecule has 0 saturated carbocycles. The molecular weight excluding hydrogens is 390 g/mol. The van der Waals surface area contributed by atoms with E-state index in [0.717, 1.165) is 6.42 Å². The van der Waals surface area contributed by atoms with Gasteiger partial charge >= 0.3 is 6.09 Å². The minimum atomic E-state index is -0.401. The lowest BCUT2D eigenvalue weighted by molar-refractivity contribution is -0.126. The summed E-state index contributed by atoms with van der Waals surface area (Å²) in [7, 11) is 1.55. The topological polar surface area (TPSA) is 115 Å². The van der Waals surface area contributed by atoms with E-state index in [-0.39, 0.29) is 30.6 Å². The fourth-order valence-corrected chi connectivity index (χ4v) is 2.52. The second-order valence-corrected chi connectivity index (χ2v) is 6.79. The van der Waals surface area contributed by atoms with Crippen LogP contribution in [0.1, 0.15) is 32.1 Å². The van der Waals surface area contributed by atoms with Gasteiger partial charge in [0.15, 0.2) is 0 Å². The number of hydrogen-bond acceptors (Lipinski definition) is 6. The first kappa shape index (κ1) is 25.6. The minimum absolute atomic E-state index is 0.137. The van der Waals surface area contributed by atoms with Gasteiger partial charge in [-0.3, -0.25) is 9.59 Å². The number of amides is 3. The van der Waals surface area contributed by atoms with Crippen molar-refractivity contribution in [2.75, 3.05) is 53.2 Å². The van der Waals surface area contributed by atoms with Crippen molar-refractivity contribution in [1.82, 2.24) is 16.0 Å². The van der Waals surface area contributed by atoms with Crippen molar-refractivity contribution < 1.29 is 28.6 Å². The van der Waals surface area contributed by atoms with E-state index >= 15 is 0 Å². The number of ether oxygens (including phenoxy) is 3. The quantitative estimate of drug-likeness (QED) is 0.321. The number of carbonyl (C=O) groups is 3. The third-order valence-corrected chi connectivity index (χ3v) is 4.25. The lowest BCUT2D eigenvalue weighted by Crippen LogP contribution is -2.28. The molecule has 0 aliphatic heterocycles. The molecule has 0 radical (unpaired) electrons. The second kappa shape index (κ2) is 17.5. The molecule has 9 heteroatoms. The molecule has 0 saturated heterocycles. The molecule has 1 aliphatic rings. The fraction of sp³-hybridized carbons (Fsp3) is 0.667. The van der Waals surface area contributed by atoms with Crippen LogP contribution in [0.15, 0.2) is 24.3 Å². The van der Waals surface area contributed by atoms with Crippen LogP contribution < -0.4 is 16.0 Å². The minimum Gasteiger partial charge on any atom is -0.449 e. The van der Waals surface area contributed by atoms with Crippen molar-refractivity contribution in [2.45, 2.75) is 32.1 Å². The SMILES string of the molecule is CNC(=O)CCC(=O)NCCCOCCOCCCNC(=O)OCC1C=CC=CC1. The zero-order valence-corrected chi connectivity index (χ0v) is 17.8. The molecule has 9 nitrogen and oxygen atoms in total. The summed E-state index contributed by atoms with van der Waals surface area (Å²) in [6, 6.07) is 0. The standard InChI is InChI=1S/C21H35N3O6/c1-22-19(25)9-10-20(26)23-11-5-13-28-15-16-29-14-6-12-24-21(27)30-17-18-7-3-2-4-8-18/h2-4,7,18H,5-6,8-17H2,1H3,(H,22,25)(H,23,26)(H,24,27). The first-order chi connectivity index (χ1) is 14.6. The highest BCUT2D eigenvalue weighted by atomic mass is 16.5. The van der Waals surface area contributed by atoms with Gasteiger partial charge in [-0.1, -0.05) is 24.3 Å². The van der Waals surface area contributed by atoms with Gasteiger partial charge in [0.25, 0.3) is 0 Å². The number of rotatable bonds is 16. The molecule has 0 aromatic heterocycles. The largest absolute Gasteiger partial charge is 0.449 e. The van der Waals surface area contributed by atoms with Gasteiger partial charge in [0.2, 0.25) is 11.8 Å². The van der Waals surface area contributed by atoms with E-state index in [1.54, 1.807) is 7.05 Å². The van der Waals surface area contributed by atoms with E-state index in [0.29, 0.717) is 59.0 Å². The Labute approximate surface area is 178 Å². The summed E-state index contributed by atoms with van der Waals surface area (Å²) in [4.78, 5) is 34.1. The van der Waals surface area contributed by atoms with Crippen LogP contribution in [0, 0.1) is 5.92 Å². The highest BCUT2D eigenvalue weighted by molar-refractivity contribution is 5.83. The van der Waals surface area contributed by atoms with Crippen molar-refractivity contribution in [3.63, 3.8) is 0 Å². The Bertz CT molecular complexity index is 565. The van der Waals surface area contributed by atoms with E-state index in [9.17, 15) is 14.4 Å². The van der Waals surface area contributed by atoms with Crippen LogP contribution in [0.4, 0.5) is 4.79 Å². The van der Waals surface area contributed by atoms with Crippen LogP contribution in [0.3, 0.4) is 0 Å². The maximum atomic E-state index is 11.6. The molecule has 170 valence electrons. The summed E-state index contributed by atoms with van der Waals surface area (Å²) in [5.74, 6) is -0.0221. The van der Waals surface area contributed by atoms with E-state index < -0.39 is 6.09 Å². The lowest BCUT2D eigenvalue weighted by atomic mass is 10.0. The molecule has 30 heavy (non-hydrogen) atoms. The summed E-state index contributed by atoms with van der Waals surface area (Å²) in [6.07, 6.45) is 10.3. The summed E-state index contributed by atoms with van der Waals surface area (Å²) in [5, 5.41) is 7.92. The number of carbonyl (C=O) groups excluding carboxylic acids is 3. The zero-order chi connectivity index (χ0) is 21.9. The average Bonchev–Trinajstić information content (AvgIpc) is 2.77. The van der Waals surface area contributed by atoms with Gasteiger partial charge in [-0.25, -0.2) is 4.79 Å². The van der Waals surface area contributed by atoms with Gasteiger partial charge in [-0.15, -0.1) is 0 Å². The Morgan fingerprint density at radius 3 is 2.20 bits per heavy atom. The van der Waals surface area contributed by atoms with E-state index in [2.05, 4.69) is 22.0 Å². The number of alkyl carbamates (subject to hydrolysis) is 1. The summed E-state index contributed by atoms with van der Waals surface area (Å²) in [6.45, 7) is 3.41. The molecule has 1 unspecified atom stereocenters. The Kier molecular flexibility index (Phi) is 14.9. The van der Waals surface area contributed by atoms with Gasteiger partial charge in [0.05, 0.1) is 19.8 Å². The second-order valence-electron chi connectivity index (χ2n) is 6.79. The van der Waals surface area contributed by atoms with Gasteiger partial charge in [-0.05, 0) is 19.3 Å². The van der Waals surface area contributed by atoms with Crippen molar-refractivity contribution in [2.24, 2.45) is 5.92 Å². The average molecular weight is 426 g/mol. The van der Waals surface area contributed by atoms with Crippen LogP contribution in [-0.4, -0.2) is 71.1 Å². The molecule has 1 atom stereocenters. The monoisotopic (exact) mass is 425 g/mol. The Morgan fingerprint density at radius 2 is 1.57 bits per heavy atom. The van der Waals surface area contributed by atoms with E-state index in [4.69, 9.17) is 14.2 Å². The van der Waals surface area contributed by atoms with Crippen molar-refractivity contribution in [3.8, 4) is 0 Å². The highest BCUT2D eigenvalue weighted by Crippen LogP contribution is 2.11. The third-order valence-electron chi connectivity index (χ3n) is 4.25. The van der Waals surface area contributed by atoms with Crippen LogP contribution >= 0.6 is 0 Å². The van der Waals surface area contributed by atoms with Crippen molar-refractivity contribution in [3.05, 3.63) is 24.3 Å². The molecular formula is C21H35N3O6. The zero-order valence-electron chi connectivity index (χ0n) is 17.8. The van der Waals surface area contributed by atoms with Gasteiger partial charge in [0, 0.05) is 52.1 Å². The predicted molar refractivity (Wildman–Crippen MR) is 113 cm³/mol. The molecule has 3 N–H and O–H groups in total. The van der Waals surface area contributed by atoms with Crippen molar-refractivity contribution >= 4 is 17.9 Å². The molecule has 0 bridgehead atoms. The molecule has 0 spiro atoms. The van der Waals surface area contributed by atoms with Crippen molar-refractivity contribution in [1.29, 1.82) is 0 Å². The smallest absolute Gasteiger partial charge is 0.407 e. The Balaban J connectivity index is 1.79. The molecule has 1 aliphatic carbocycles. The number of hydrogen-bond donors (Lipinski definition) is 3. The summed E-state index contributed by atoms with van der Waals surface area (Å²) in [5.41, 5.74) is 0. The van der Waals surface area contributed by atoms with Crippen LogP contribution in [0.25, 0.3) is 0 Å². The van der Waals surface area contributed by atoms with Crippen LogP contribution in [-0.2, 0) is 23.8 Å². The highest BCUT2D eigenvalue weighted by Gasteiger charge is 2.09. The number of nitrogens with one attached hydrogen (secondary N) is 3. The Morgan fingerprint density at radius 1 is 0.900 bits per heavy atom. The molecule has 0 aromatic carbocycles. The lowest BCUT2D eigenvalue weighted by Gasteiger charge is -2.13. The molecule has 1 rings (SSSR count). The molecule has 0 aromatic rings. The van der Waals surface area contributed by atoms with Crippen LogP contribution in [0.2, 0.25) is 0 Å².